The topological polar surface area (TPSA) is 122 Å². The van der Waals surface area contributed by atoms with Gasteiger partial charge in [0.05, 0.1) is 23.9 Å². The monoisotopic (exact) mass is 517 g/mol. The first kappa shape index (κ1) is 26.0. The number of ether oxygens (including phenoxy) is 1. The molecule has 0 saturated carbocycles. The number of amides is 1. The van der Waals surface area contributed by atoms with Crippen molar-refractivity contribution in [1.29, 1.82) is 0 Å². The quantitative estimate of drug-likeness (QED) is 0.448. The van der Waals surface area contributed by atoms with E-state index in [-0.39, 0.29) is 10.6 Å². The molecule has 35 heavy (non-hydrogen) atoms. The van der Waals surface area contributed by atoms with Gasteiger partial charge in [-0.15, -0.1) is 0 Å². The van der Waals surface area contributed by atoms with Gasteiger partial charge in [0.15, 0.2) is 0 Å². The molecule has 3 aromatic carbocycles. The average Bonchev–Trinajstić information content (AvgIpc) is 2.77. The Kier molecular flexibility index (Phi) is 7.71. The Labute approximate surface area is 205 Å². The Morgan fingerprint density at radius 1 is 0.886 bits per heavy atom. The van der Waals surface area contributed by atoms with Crippen LogP contribution in [0.4, 0.5) is 17.1 Å². The van der Waals surface area contributed by atoms with Gasteiger partial charge in [0.2, 0.25) is 15.9 Å². The molecule has 0 spiro atoms. The first-order valence-electron chi connectivity index (χ1n) is 10.5. The molecule has 0 aliphatic heterocycles. The van der Waals surface area contributed by atoms with Gasteiger partial charge in [0.1, 0.15) is 12.3 Å². The van der Waals surface area contributed by atoms with Crippen LogP contribution in [0.2, 0.25) is 0 Å². The van der Waals surface area contributed by atoms with E-state index in [1.54, 1.807) is 43.3 Å². The van der Waals surface area contributed by atoms with E-state index >= 15 is 0 Å². The smallest absolute Gasteiger partial charge is 0.261 e. The fourth-order valence-electron chi connectivity index (χ4n) is 3.35. The van der Waals surface area contributed by atoms with Gasteiger partial charge in [-0.3, -0.25) is 13.8 Å². The average molecular weight is 518 g/mol. The normalized spacial score (nSPS) is 11.5. The van der Waals surface area contributed by atoms with Crippen LogP contribution in [0.1, 0.15) is 11.1 Å². The van der Waals surface area contributed by atoms with Crippen molar-refractivity contribution >= 4 is 43.0 Å². The maximum atomic E-state index is 12.7. The van der Waals surface area contributed by atoms with E-state index in [4.69, 9.17) is 4.74 Å². The van der Waals surface area contributed by atoms with Crippen molar-refractivity contribution in [3.05, 3.63) is 77.9 Å². The zero-order chi connectivity index (χ0) is 25.8. The summed E-state index contributed by atoms with van der Waals surface area (Å²) in [5, 5.41) is 2.60. The van der Waals surface area contributed by atoms with Gasteiger partial charge in [-0.1, -0.05) is 18.2 Å². The fourth-order valence-corrected chi connectivity index (χ4v) is 5.25. The molecule has 0 bridgehead atoms. The maximum absolute atomic E-state index is 12.7. The molecule has 0 heterocycles. The highest BCUT2D eigenvalue weighted by Crippen LogP contribution is 2.31. The molecule has 0 unspecified atom stereocenters. The lowest BCUT2D eigenvalue weighted by Crippen LogP contribution is -2.37. The summed E-state index contributed by atoms with van der Waals surface area (Å²) < 4.78 is 58.9. The van der Waals surface area contributed by atoms with E-state index in [9.17, 15) is 21.6 Å². The molecule has 3 aromatic rings. The lowest BCUT2D eigenvalue weighted by molar-refractivity contribution is -0.114. The number of sulfonamides is 2. The summed E-state index contributed by atoms with van der Waals surface area (Å²) in [6, 6.07) is 17.6. The molecule has 0 aliphatic carbocycles. The molecule has 3 rings (SSSR count). The molecule has 186 valence electrons. The van der Waals surface area contributed by atoms with Gasteiger partial charge in [0.25, 0.3) is 10.0 Å². The number of rotatable bonds is 9. The lowest BCUT2D eigenvalue weighted by Gasteiger charge is -2.24. The third-order valence-corrected chi connectivity index (χ3v) is 7.53. The number of nitrogens with one attached hydrogen (secondary N) is 2. The number of nitrogens with zero attached hydrogens (tertiary/aromatic N) is 1. The minimum atomic E-state index is -3.83. The number of carbonyl (C=O) groups excluding carboxylic acids is 1. The molecule has 9 nitrogen and oxygen atoms in total. The van der Waals surface area contributed by atoms with Gasteiger partial charge in [-0.25, -0.2) is 16.8 Å². The van der Waals surface area contributed by atoms with Crippen molar-refractivity contribution in [2.24, 2.45) is 0 Å². The number of hydrogen-bond donors (Lipinski definition) is 2. The summed E-state index contributed by atoms with van der Waals surface area (Å²) >= 11 is 0. The highest BCUT2D eigenvalue weighted by atomic mass is 32.2. The zero-order valence-corrected chi connectivity index (χ0v) is 21.4. The van der Waals surface area contributed by atoms with Crippen molar-refractivity contribution in [3.63, 3.8) is 0 Å². The molecule has 0 radical (unpaired) electrons. The van der Waals surface area contributed by atoms with E-state index in [0.717, 1.165) is 21.7 Å². The van der Waals surface area contributed by atoms with Crippen molar-refractivity contribution in [3.8, 4) is 5.75 Å². The van der Waals surface area contributed by atoms with E-state index in [2.05, 4.69) is 10.0 Å². The minimum absolute atomic E-state index is 0.0132. The Balaban J connectivity index is 1.75. The van der Waals surface area contributed by atoms with Crippen LogP contribution >= 0.6 is 0 Å². The Morgan fingerprint density at radius 2 is 1.54 bits per heavy atom. The summed E-state index contributed by atoms with van der Waals surface area (Å²) in [5.41, 5.74) is 2.71. The number of anilines is 3. The van der Waals surface area contributed by atoms with Crippen LogP contribution < -0.4 is 19.1 Å². The first-order chi connectivity index (χ1) is 16.4. The second-order valence-corrected chi connectivity index (χ2v) is 11.6. The molecule has 0 aliphatic rings. The van der Waals surface area contributed by atoms with E-state index in [0.29, 0.717) is 17.1 Å². The third kappa shape index (κ3) is 6.74. The van der Waals surface area contributed by atoms with E-state index in [1.165, 1.54) is 31.4 Å². The largest absolute Gasteiger partial charge is 0.495 e. The van der Waals surface area contributed by atoms with Crippen LogP contribution in [0, 0.1) is 13.8 Å². The number of hydrogen-bond acceptors (Lipinski definition) is 6. The number of benzene rings is 3. The third-order valence-electron chi connectivity index (χ3n) is 5.01. The van der Waals surface area contributed by atoms with Crippen molar-refractivity contribution in [2.45, 2.75) is 18.7 Å². The Hall–Kier alpha value is -3.57. The van der Waals surface area contributed by atoms with Crippen LogP contribution in [0.5, 0.6) is 5.75 Å². The van der Waals surface area contributed by atoms with Crippen LogP contribution in [0.25, 0.3) is 0 Å². The molecule has 11 heteroatoms. The van der Waals surface area contributed by atoms with Crippen molar-refractivity contribution < 1.29 is 26.4 Å². The number of aryl methyl sites for hydroxylation is 2. The molecule has 2 N–H and O–H groups in total. The predicted molar refractivity (Wildman–Crippen MR) is 137 cm³/mol. The van der Waals surface area contributed by atoms with Gasteiger partial charge < -0.3 is 10.1 Å². The zero-order valence-electron chi connectivity index (χ0n) is 19.8. The second-order valence-electron chi connectivity index (χ2n) is 7.99. The van der Waals surface area contributed by atoms with Crippen molar-refractivity contribution in [1.82, 2.24) is 0 Å². The predicted octanol–water partition coefficient (Wildman–Crippen LogP) is 3.52. The lowest BCUT2D eigenvalue weighted by atomic mass is 10.2. The van der Waals surface area contributed by atoms with Gasteiger partial charge in [-0.2, -0.15) is 0 Å². The fraction of sp³-hybridized carbons (Fsp3) is 0.208. The van der Waals surface area contributed by atoms with E-state index in [1.807, 2.05) is 13.0 Å². The highest BCUT2D eigenvalue weighted by molar-refractivity contribution is 7.92. The number of methoxy groups -OCH3 is 1. The molecule has 0 saturated heterocycles. The Morgan fingerprint density at radius 3 is 2.14 bits per heavy atom. The van der Waals surface area contributed by atoms with Crippen LogP contribution in [-0.4, -0.2) is 42.7 Å². The molecular formula is C24H27N3O6S2. The van der Waals surface area contributed by atoms with Gasteiger partial charge in [-0.05, 0) is 73.5 Å². The molecule has 0 aromatic heterocycles. The number of carbonyl (C=O) groups is 1. The van der Waals surface area contributed by atoms with Crippen LogP contribution in [0.15, 0.2) is 71.6 Å². The SMILES string of the molecule is COc1ccc(C)cc1N(CC(=O)Nc1ccc(S(=O)(=O)Nc2cccc(C)c2)cc1)S(C)(=O)=O. The minimum Gasteiger partial charge on any atom is -0.495 e. The summed E-state index contributed by atoms with van der Waals surface area (Å²) in [6.45, 7) is 3.16. The summed E-state index contributed by atoms with van der Waals surface area (Å²) in [6.07, 6.45) is 1.00. The maximum Gasteiger partial charge on any atom is 0.261 e. The van der Waals surface area contributed by atoms with E-state index < -0.39 is 32.5 Å². The molecule has 0 atom stereocenters. The second kappa shape index (κ2) is 10.4. The molecule has 0 fully saturated rings. The standard InChI is InChI=1S/C24H27N3O6S2/c1-17-6-5-7-20(14-17)26-35(31,32)21-11-9-19(10-12-21)25-24(28)16-27(34(4,29)30)22-15-18(2)8-13-23(22)33-3/h5-15,26H,16H2,1-4H3,(H,25,28). The Bertz CT molecular complexity index is 1440. The first-order valence-corrected chi connectivity index (χ1v) is 13.8. The van der Waals surface area contributed by atoms with Crippen molar-refractivity contribution in [2.75, 3.05) is 34.3 Å². The van der Waals surface area contributed by atoms with Crippen LogP contribution in [0.3, 0.4) is 0 Å². The van der Waals surface area contributed by atoms with Crippen LogP contribution in [-0.2, 0) is 24.8 Å². The molecule has 1 amide bonds. The van der Waals surface area contributed by atoms with Gasteiger partial charge in [0, 0.05) is 11.4 Å². The highest BCUT2D eigenvalue weighted by Gasteiger charge is 2.24. The summed E-state index contributed by atoms with van der Waals surface area (Å²) in [5.74, 6) is -0.294. The summed E-state index contributed by atoms with van der Waals surface area (Å²) in [4.78, 5) is 12.7. The van der Waals surface area contributed by atoms with Gasteiger partial charge >= 0.3 is 0 Å². The summed E-state index contributed by atoms with van der Waals surface area (Å²) in [7, 11) is -6.22. The molecular weight excluding hydrogens is 490 g/mol.